The first-order chi connectivity index (χ1) is 10.0. The minimum atomic E-state index is -0.587. The van der Waals surface area contributed by atoms with Gasteiger partial charge < -0.3 is 5.32 Å². The van der Waals surface area contributed by atoms with Gasteiger partial charge in [-0.3, -0.25) is 10.1 Å². The molecule has 0 radical (unpaired) electrons. The number of non-ortho nitro benzene ring substituents is 1. The highest BCUT2D eigenvalue weighted by atomic mass is 35.5. The summed E-state index contributed by atoms with van der Waals surface area (Å²) in [5.74, 6) is -0.587. The van der Waals surface area contributed by atoms with Gasteiger partial charge in [-0.25, -0.2) is 4.39 Å². The van der Waals surface area contributed by atoms with Crippen molar-refractivity contribution in [2.24, 2.45) is 0 Å². The Morgan fingerprint density at radius 2 is 2.10 bits per heavy atom. The van der Waals surface area contributed by atoms with Crippen LogP contribution in [0, 0.1) is 27.3 Å². The molecule has 0 saturated carbocycles. The lowest BCUT2D eigenvalue weighted by Gasteiger charge is -2.08. The summed E-state index contributed by atoms with van der Waals surface area (Å²) in [6.07, 6.45) is 0. The van der Waals surface area contributed by atoms with E-state index in [4.69, 9.17) is 16.9 Å². The first-order valence-corrected chi connectivity index (χ1v) is 6.25. The van der Waals surface area contributed by atoms with Crippen molar-refractivity contribution in [1.29, 1.82) is 5.26 Å². The fourth-order valence-corrected chi connectivity index (χ4v) is 1.95. The Morgan fingerprint density at radius 3 is 2.71 bits per heavy atom. The number of nitrogens with zero attached hydrogens (tertiary/aromatic N) is 2. The van der Waals surface area contributed by atoms with E-state index in [0.29, 0.717) is 17.8 Å². The van der Waals surface area contributed by atoms with E-state index < -0.39 is 10.7 Å². The zero-order valence-electron chi connectivity index (χ0n) is 10.6. The van der Waals surface area contributed by atoms with Crippen LogP contribution >= 0.6 is 11.6 Å². The average Bonchev–Trinajstić information content (AvgIpc) is 2.47. The summed E-state index contributed by atoms with van der Waals surface area (Å²) in [5, 5.41) is 22.6. The number of halogens is 2. The number of anilines is 1. The van der Waals surface area contributed by atoms with Gasteiger partial charge in [0.2, 0.25) is 0 Å². The molecule has 0 bridgehead atoms. The molecule has 5 nitrogen and oxygen atoms in total. The summed E-state index contributed by atoms with van der Waals surface area (Å²) >= 11 is 5.97. The van der Waals surface area contributed by atoms with Gasteiger partial charge in [0, 0.05) is 24.4 Å². The van der Waals surface area contributed by atoms with Crippen molar-refractivity contribution >= 4 is 23.0 Å². The van der Waals surface area contributed by atoms with Crippen LogP contribution in [0.3, 0.4) is 0 Å². The highest BCUT2D eigenvalue weighted by Gasteiger charge is 2.09. The number of nitriles is 1. The Morgan fingerprint density at radius 1 is 1.33 bits per heavy atom. The second-order valence-corrected chi connectivity index (χ2v) is 4.60. The first-order valence-electron chi connectivity index (χ1n) is 5.87. The van der Waals surface area contributed by atoms with Crippen LogP contribution in [-0.2, 0) is 6.54 Å². The maximum atomic E-state index is 13.2. The lowest BCUT2D eigenvalue weighted by Crippen LogP contribution is -2.01. The monoisotopic (exact) mass is 305 g/mol. The normalized spacial score (nSPS) is 9.95. The molecule has 21 heavy (non-hydrogen) atoms. The molecule has 7 heteroatoms. The molecule has 0 aromatic heterocycles. The van der Waals surface area contributed by atoms with Gasteiger partial charge in [0.1, 0.15) is 11.9 Å². The maximum Gasteiger partial charge on any atom is 0.270 e. The van der Waals surface area contributed by atoms with Crippen molar-refractivity contribution in [3.63, 3.8) is 0 Å². The summed E-state index contributed by atoms with van der Waals surface area (Å²) in [6, 6.07) is 9.99. The van der Waals surface area contributed by atoms with Crippen LogP contribution in [0.4, 0.5) is 15.8 Å². The summed E-state index contributed by atoms with van der Waals surface area (Å²) < 4.78 is 13.2. The zero-order valence-corrected chi connectivity index (χ0v) is 11.4. The predicted molar refractivity (Wildman–Crippen MR) is 76.5 cm³/mol. The van der Waals surface area contributed by atoms with Crippen LogP contribution in [0.1, 0.15) is 11.1 Å². The van der Waals surface area contributed by atoms with Crippen LogP contribution in [-0.4, -0.2) is 4.92 Å². The highest BCUT2D eigenvalue weighted by Crippen LogP contribution is 2.23. The lowest BCUT2D eigenvalue weighted by molar-refractivity contribution is -0.384. The van der Waals surface area contributed by atoms with E-state index in [-0.39, 0.29) is 16.3 Å². The van der Waals surface area contributed by atoms with E-state index in [2.05, 4.69) is 5.32 Å². The molecule has 0 fully saturated rings. The molecule has 0 saturated heterocycles. The van der Waals surface area contributed by atoms with E-state index in [1.165, 1.54) is 30.3 Å². The van der Waals surface area contributed by atoms with E-state index in [0.717, 1.165) is 0 Å². The Bertz CT molecular complexity index is 743. The van der Waals surface area contributed by atoms with Gasteiger partial charge in [-0.1, -0.05) is 11.6 Å². The number of benzene rings is 2. The fraction of sp³-hybridized carbons (Fsp3) is 0.0714. The van der Waals surface area contributed by atoms with E-state index in [1.807, 2.05) is 0 Å². The van der Waals surface area contributed by atoms with Crippen LogP contribution in [0.2, 0.25) is 5.02 Å². The maximum absolute atomic E-state index is 13.2. The molecule has 0 amide bonds. The minimum absolute atomic E-state index is 0.0604. The molecule has 106 valence electrons. The molecule has 0 aliphatic carbocycles. The smallest absolute Gasteiger partial charge is 0.270 e. The number of nitro benzene ring substituents is 1. The molecule has 0 spiro atoms. The molecular formula is C14H9ClFN3O2. The largest absolute Gasteiger partial charge is 0.381 e. The lowest BCUT2D eigenvalue weighted by atomic mass is 10.1. The Hall–Kier alpha value is -2.65. The number of rotatable bonds is 4. The van der Waals surface area contributed by atoms with E-state index >= 15 is 0 Å². The Kier molecular flexibility index (Phi) is 4.36. The van der Waals surface area contributed by atoms with E-state index in [1.54, 1.807) is 12.1 Å². The molecule has 2 aromatic carbocycles. The number of nitro groups is 1. The third kappa shape index (κ3) is 3.46. The summed E-state index contributed by atoms with van der Waals surface area (Å²) in [6.45, 7) is 0.299. The van der Waals surface area contributed by atoms with Gasteiger partial charge in [-0.05, 0) is 29.8 Å². The number of nitrogens with one attached hydrogen (secondary N) is 1. The number of hydrogen-bond acceptors (Lipinski definition) is 4. The van der Waals surface area contributed by atoms with Gasteiger partial charge in [-0.15, -0.1) is 0 Å². The van der Waals surface area contributed by atoms with E-state index in [9.17, 15) is 14.5 Å². The quantitative estimate of drug-likeness (QED) is 0.687. The van der Waals surface area contributed by atoms with Crippen molar-refractivity contribution in [2.75, 3.05) is 5.32 Å². The van der Waals surface area contributed by atoms with Crippen LogP contribution in [0.5, 0.6) is 0 Å². The highest BCUT2D eigenvalue weighted by molar-refractivity contribution is 6.31. The summed E-state index contributed by atoms with van der Waals surface area (Å²) in [5.41, 5.74) is 1.07. The Labute approximate surface area is 124 Å². The van der Waals surface area contributed by atoms with Crippen molar-refractivity contribution in [1.82, 2.24) is 0 Å². The molecule has 0 unspecified atom stereocenters. The standard InChI is InChI=1S/C14H9ClFN3O2/c15-13-6-12(19(20)21)3-1-9(13)8-18-11-2-4-14(16)10(5-11)7-17/h1-6,18H,8H2. The van der Waals surface area contributed by atoms with Gasteiger partial charge in [-0.2, -0.15) is 5.26 Å². The summed E-state index contributed by atoms with van der Waals surface area (Å²) in [4.78, 5) is 10.1. The third-order valence-electron chi connectivity index (χ3n) is 2.82. The van der Waals surface area contributed by atoms with Crippen molar-refractivity contribution in [3.8, 4) is 6.07 Å². The molecule has 2 aromatic rings. The van der Waals surface area contributed by atoms with Crippen molar-refractivity contribution < 1.29 is 9.31 Å². The van der Waals surface area contributed by atoms with Crippen LogP contribution in [0.25, 0.3) is 0 Å². The first kappa shape index (κ1) is 14.8. The molecule has 0 aliphatic rings. The van der Waals surface area contributed by atoms with Crippen LogP contribution < -0.4 is 5.32 Å². The average molecular weight is 306 g/mol. The topological polar surface area (TPSA) is 79.0 Å². The molecule has 2 rings (SSSR count). The fourth-order valence-electron chi connectivity index (χ4n) is 1.71. The van der Waals surface area contributed by atoms with Crippen molar-refractivity contribution in [2.45, 2.75) is 6.54 Å². The van der Waals surface area contributed by atoms with Gasteiger partial charge in [0.05, 0.1) is 15.5 Å². The molecule has 1 N–H and O–H groups in total. The van der Waals surface area contributed by atoms with Crippen LogP contribution in [0.15, 0.2) is 36.4 Å². The molecule has 0 aliphatic heterocycles. The van der Waals surface area contributed by atoms with Gasteiger partial charge in [0.25, 0.3) is 5.69 Å². The second-order valence-electron chi connectivity index (χ2n) is 4.19. The molecule has 0 atom stereocenters. The summed E-state index contributed by atoms with van der Waals surface area (Å²) in [7, 11) is 0. The van der Waals surface area contributed by atoms with Gasteiger partial charge in [0.15, 0.2) is 0 Å². The molecular weight excluding hydrogens is 297 g/mol. The van der Waals surface area contributed by atoms with Gasteiger partial charge >= 0.3 is 0 Å². The minimum Gasteiger partial charge on any atom is -0.381 e. The number of hydrogen-bond donors (Lipinski definition) is 1. The third-order valence-corrected chi connectivity index (χ3v) is 3.17. The second kappa shape index (κ2) is 6.20. The SMILES string of the molecule is N#Cc1cc(NCc2ccc([N+](=O)[O-])cc2Cl)ccc1F. The zero-order chi connectivity index (χ0) is 15.4. The molecule has 0 heterocycles. The predicted octanol–water partition coefficient (Wildman–Crippen LogP) is 3.87. The van der Waals surface area contributed by atoms with Crippen molar-refractivity contribution in [3.05, 3.63) is 68.5 Å². The Balaban J connectivity index is 2.13.